The van der Waals surface area contributed by atoms with Crippen molar-refractivity contribution in [2.24, 2.45) is 0 Å². The second-order valence-electron chi connectivity index (χ2n) is 8.13. The van der Waals surface area contributed by atoms with E-state index in [1.807, 2.05) is 12.1 Å². The monoisotopic (exact) mass is 476 g/mol. The van der Waals surface area contributed by atoms with Gasteiger partial charge < -0.3 is 10.1 Å². The van der Waals surface area contributed by atoms with E-state index >= 15 is 0 Å². The summed E-state index contributed by atoms with van der Waals surface area (Å²) < 4.78 is 74.1. The van der Waals surface area contributed by atoms with Crippen LogP contribution in [-0.4, -0.2) is 27.7 Å². The summed E-state index contributed by atoms with van der Waals surface area (Å²) >= 11 is 0. The number of allylic oxidation sites excluding steroid dienone is 2. The zero-order valence-corrected chi connectivity index (χ0v) is 17.7. The topological polar surface area (TPSA) is 69.0 Å². The van der Waals surface area contributed by atoms with Gasteiger partial charge in [0.25, 0.3) is 5.82 Å². The standard InChI is InChI=1S/C23H17F5N4O2/c1-34-16-4-2-11(3-5-16)12-8-17-19(18(33)9-12)20(13-6-14(24)10-15(25)7-13)32-22(29-17)30-21(31-32)23(26,27)28/h2-7,10,12,20H,8-9H2,1H3,(H,29,30,31)/t12-,20-/m0/s1. The summed E-state index contributed by atoms with van der Waals surface area (Å²) in [5, 5.41) is 6.34. The SMILES string of the molecule is COc1ccc([C@@H]2CC(=O)C3=C(C2)Nc2nc(C(F)(F)F)nn2[C@H]3c2cc(F)cc(F)c2)cc1. The van der Waals surface area contributed by atoms with Crippen LogP contribution in [0.3, 0.4) is 0 Å². The molecular formula is C23H17F5N4O2. The molecule has 0 amide bonds. The lowest BCUT2D eigenvalue weighted by molar-refractivity contribution is -0.145. The van der Waals surface area contributed by atoms with Crippen LogP contribution in [0.15, 0.2) is 53.7 Å². The fourth-order valence-electron chi connectivity index (χ4n) is 4.49. The van der Waals surface area contributed by atoms with Crippen LogP contribution in [0.5, 0.6) is 5.75 Å². The zero-order chi connectivity index (χ0) is 24.2. The third-order valence-corrected chi connectivity index (χ3v) is 5.96. The van der Waals surface area contributed by atoms with Crippen LogP contribution in [0.2, 0.25) is 0 Å². The van der Waals surface area contributed by atoms with Crippen molar-refractivity contribution >= 4 is 11.7 Å². The first-order valence-corrected chi connectivity index (χ1v) is 10.3. The predicted molar refractivity (Wildman–Crippen MR) is 110 cm³/mol. The number of anilines is 1. The molecule has 0 unspecified atom stereocenters. The summed E-state index contributed by atoms with van der Waals surface area (Å²) in [6.07, 6.45) is -4.49. The minimum atomic E-state index is -4.85. The van der Waals surface area contributed by atoms with E-state index in [0.717, 1.165) is 22.4 Å². The van der Waals surface area contributed by atoms with E-state index in [0.29, 0.717) is 17.5 Å². The number of carbonyl (C=O) groups excluding carboxylic acids is 1. The number of ether oxygens (including phenoxy) is 1. The molecule has 2 heterocycles. The van der Waals surface area contributed by atoms with E-state index in [2.05, 4.69) is 15.4 Å². The quantitative estimate of drug-likeness (QED) is 0.539. The van der Waals surface area contributed by atoms with Crippen molar-refractivity contribution in [2.75, 3.05) is 12.4 Å². The van der Waals surface area contributed by atoms with Gasteiger partial charge in [-0.1, -0.05) is 12.1 Å². The second kappa shape index (κ2) is 7.93. The maximum absolute atomic E-state index is 14.0. The molecule has 1 aliphatic heterocycles. The molecule has 2 aromatic carbocycles. The molecule has 0 spiro atoms. The van der Waals surface area contributed by atoms with E-state index in [4.69, 9.17) is 4.74 Å². The number of methoxy groups -OCH3 is 1. The number of Topliss-reactive ketones (excluding diaryl/α,β-unsaturated/α-hetero) is 1. The maximum Gasteiger partial charge on any atom is 0.453 e. The Morgan fingerprint density at radius 3 is 2.32 bits per heavy atom. The first-order chi connectivity index (χ1) is 16.1. The van der Waals surface area contributed by atoms with Crippen LogP contribution in [-0.2, 0) is 11.0 Å². The summed E-state index contributed by atoms with van der Waals surface area (Å²) in [7, 11) is 1.53. The number of carbonyl (C=O) groups is 1. The molecule has 11 heteroatoms. The summed E-state index contributed by atoms with van der Waals surface area (Å²) in [5.41, 5.74) is 1.27. The number of benzene rings is 2. The molecule has 2 atom stereocenters. The van der Waals surface area contributed by atoms with E-state index in [-0.39, 0.29) is 41.6 Å². The Balaban J connectivity index is 1.62. The molecule has 34 heavy (non-hydrogen) atoms. The lowest BCUT2D eigenvalue weighted by Gasteiger charge is -2.35. The van der Waals surface area contributed by atoms with Gasteiger partial charge in [-0.2, -0.15) is 18.2 Å². The van der Waals surface area contributed by atoms with Crippen molar-refractivity contribution < 1.29 is 31.5 Å². The summed E-state index contributed by atoms with van der Waals surface area (Å²) in [6, 6.07) is 8.47. The van der Waals surface area contributed by atoms with Crippen LogP contribution >= 0.6 is 0 Å². The van der Waals surface area contributed by atoms with Gasteiger partial charge in [-0.25, -0.2) is 13.5 Å². The van der Waals surface area contributed by atoms with Crippen LogP contribution in [0.25, 0.3) is 0 Å². The first kappa shape index (κ1) is 22.1. The zero-order valence-electron chi connectivity index (χ0n) is 17.7. The summed E-state index contributed by atoms with van der Waals surface area (Å²) in [5.74, 6) is -3.51. The molecule has 6 nitrogen and oxygen atoms in total. The molecule has 0 saturated heterocycles. The largest absolute Gasteiger partial charge is 0.497 e. The Bertz CT molecular complexity index is 1290. The van der Waals surface area contributed by atoms with Crippen molar-refractivity contribution in [1.29, 1.82) is 0 Å². The highest BCUT2D eigenvalue weighted by Gasteiger charge is 2.43. The van der Waals surface area contributed by atoms with Gasteiger partial charge in [0.2, 0.25) is 5.95 Å². The van der Waals surface area contributed by atoms with Crippen LogP contribution in [0.1, 0.15) is 41.8 Å². The Kier molecular flexibility index (Phi) is 5.14. The molecule has 0 saturated carbocycles. The fraction of sp³-hybridized carbons (Fsp3) is 0.261. The second-order valence-corrected chi connectivity index (χ2v) is 8.13. The maximum atomic E-state index is 14.0. The minimum Gasteiger partial charge on any atom is -0.497 e. The number of halogens is 5. The Labute approximate surface area is 190 Å². The molecule has 0 fully saturated rings. The first-order valence-electron chi connectivity index (χ1n) is 10.3. The van der Waals surface area contributed by atoms with Crippen LogP contribution < -0.4 is 10.1 Å². The molecular weight excluding hydrogens is 459 g/mol. The molecule has 1 aromatic heterocycles. The average molecular weight is 476 g/mol. The lowest BCUT2D eigenvalue weighted by atomic mass is 9.78. The lowest BCUT2D eigenvalue weighted by Crippen LogP contribution is -2.33. The summed E-state index contributed by atoms with van der Waals surface area (Å²) in [6.45, 7) is 0. The number of ketones is 1. The normalized spacial score (nSPS) is 20.0. The molecule has 0 radical (unpaired) electrons. The highest BCUT2D eigenvalue weighted by atomic mass is 19.4. The van der Waals surface area contributed by atoms with Gasteiger partial charge in [0.15, 0.2) is 5.78 Å². The number of rotatable bonds is 3. The van der Waals surface area contributed by atoms with E-state index in [1.54, 1.807) is 12.1 Å². The third-order valence-electron chi connectivity index (χ3n) is 5.96. The van der Waals surface area contributed by atoms with Crippen molar-refractivity contribution in [3.63, 3.8) is 0 Å². The molecule has 3 aromatic rings. The predicted octanol–water partition coefficient (Wildman–Crippen LogP) is 5.00. The number of nitrogens with one attached hydrogen (secondary N) is 1. The van der Waals surface area contributed by atoms with Gasteiger partial charge in [-0.15, -0.1) is 5.10 Å². The van der Waals surface area contributed by atoms with Gasteiger partial charge in [0.05, 0.1) is 7.11 Å². The van der Waals surface area contributed by atoms with E-state index in [1.165, 1.54) is 7.11 Å². The fourth-order valence-corrected chi connectivity index (χ4v) is 4.49. The number of fused-ring (bicyclic) bond motifs is 1. The van der Waals surface area contributed by atoms with Crippen molar-refractivity contribution in [1.82, 2.24) is 14.8 Å². The van der Waals surface area contributed by atoms with Crippen molar-refractivity contribution in [3.05, 3.63) is 82.3 Å². The smallest absolute Gasteiger partial charge is 0.453 e. The molecule has 1 N–H and O–H groups in total. The highest BCUT2D eigenvalue weighted by Crippen LogP contribution is 2.45. The minimum absolute atomic E-state index is 0.0392. The van der Waals surface area contributed by atoms with E-state index in [9.17, 15) is 26.7 Å². The number of hydrogen-bond acceptors (Lipinski definition) is 5. The van der Waals surface area contributed by atoms with Crippen molar-refractivity contribution in [3.8, 4) is 5.75 Å². The Morgan fingerprint density at radius 2 is 1.71 bits per heavy atom. The van der Waals surface area contributed by atoms with Crippen LogP contribution in [0.4, 0.5) is 27.9 Å². The van der Waals surface area contributed by atoms with Gasteiger partial charge in [-0.05, 0) is 47.7 Å². The molecule has 0 bridgehead atoms. The van der Waals surface area contributed by atoms with E-state index < -0.39 is 29.7 Å². The Morgan fingerprint density at radius 1 is 1.03 bits per heavy atom. The number of nitrogens with zero attached hydrogens (tertiary/aromatic N) is 3. The molecule has 5 rings (SSSR count). The third kappa shape index (κ3) is 3.80. The molecule has 1 aliphatic carbocycles. The van der Waals surface area contributed by atoms with Crippen molar-refractivity contribution in [2.45, 2.75) is 31.0 Å². The summed E-state index contributed by atoms with van der Waals surface area (Å²) in [4.78, 5) is 16.9. The van der Waals surface area contributed by atoms with Gasteiger partial charge in [-0.3, -0.25) is 4.79 Å². The van der Waals surface area contributed by atoms with Crippen LogP contribution in [0, 0.1) is 11.6 Å². The van der Waals surface area contributed by atoms with Gasteiger partial charge >= 0.3 is 6.18 Å². The molecule has 176 valence electrons. The van der Waals surface area contributed by atoms with Gasteiger partial charge in [0.1, 0.15) is 23.4 Å². The number of hydrogen-bond donors (Lipinski definition) is 1. The highest BCUT2D eigenvalue weighted by molar-refractivity contribution is 6.00. The Hall–Kier alpha value is -3.76. The average Bonchev–Trinajstić information content (AvgIpc) is 3.21. The van der Waals surface area contributed by atoms with Gasteiger partial charge in [0, 0.05) is 23.8 Å². The number of alkyl halides is 3. The molecule has 2 aliphatic rings. The number of aromatic nitrogens is 3.